The monoisotopic (exact) mass is 138 g/mol. The summed E-state index contributed by atoms with van der Waals surface area (Å²) >= 11 is 7.78. The van der Waals surface area contributed by atoms with Crippen molar-refractivity contribution in [2.75, 3.05) is 0 Å². The Hall–Kier alpha value is 0.520. The van der Waals surface area contributed by atoms with Gasteiger partial charge in [0.2, 0.25) is 0 Å². The molecule has 0 aliphatic heterocycles. The molecule has 1 N–H and O–H groups in total. The first-order valence-corrected chi connectivity index (χ1v) is 5.00. The molecule has 0 spiro atoms. The molecule has 6 heavy (non-hydrogen) atoms. The first-order chi connectivity index (χ1) is 2.56. The van der Waals surface area contributed by atoms with E-state index >= 15 is 0 Å². The van der Waals surface area contributed by atoms with E-state index in [4.69, 9.17) is 4.89 Å². The van der Waals surface area contributed by atoms with Crippen LogP contribution in [-0.4, -0.2) is 4.89 Å². The summed E-state index contributed by atoms with van der Waals surface area (Å²) in [4.78, 5) is 8.38. The van der Waals surface area contributed by atoms with Gasteiger partial charge in [-0.2, -0.15) is 0 Å². The van der Waals surface area contributed by atoms with Crippen molar-refractivity contribution in [3.05, 3.63) is 0 Å². The summed E-state index contributed by atoms with van der Waals surface area (Å²) in [6.45, 7) is 0. The number of terminal acetylenes is 1. The normalized spacial score (nSPS) is 18.2. The van der Waals surface area contributed by atoms with Gasteiger partial charge in [-0.15, -0.1) is 18.7 Å². The maximum absolute atomic E-state index is 8.38. The fraction of sp³-hybridized carbons (Fsp3) is 0. The molecule has 0 saturated heterocycles. The molecular formula is C2H3OPS2. The van der Waals surface area contributed by atoms with Gasteiger partial charge < -0.3 is 4.89 Å². The molecule has 0 saturated carbocycles. The molecule has 0 bridgehead atoms. The summed E-state index contributed by atoms with van der Waals surface area (Å²) < 4.78 is 0. The molecule has 0 aromatic carbocycles. The van der Waals surface area contributed by atoms with Crippen molar-refractivity contribution in [1.29, 1.82) is 0 Å². The van der Waals surface area contributed by atoms with Crippen molar-refractivity contribution >= 4 is 29.5 Å². The number of hydrogen-bond acceptors (Lipinski definition) is 1. The lowest BCUT2D eigenvalue weighted by molar-refractivity contribution is 0.650. The summed E-state index contributed by atoms with van der Waals surface area (Å²) in [5.41, 5.74) is -0.641. The van der Waals surface area contributed by atoms with Gasteiger partial charge in [-0.3, -0.25) is 0 Å². The van der Waals surface area contributed by atoms with Crippen LogP contribution in [0.4, 0.5) is 0 Å². The predicted molar refractivity (Wildman–Crippen MR) is 34.3 cm³/mol. The minimum atomic E-state index is -2.59. The van der Waals surface area contributed by atoms with E-state index in [1.165, 1.54) is 0 Å². The summed E-state index contributed by atoms with van der Waals surface area (Å²) in [5.74, 6) is 0. The average molecular weight is 138 g/mol. The van der Waals surface area contributed by atoms with Gasteiger partial charge >= 0.3 is 0 Å². The van der Waals surface area contributed by atoms with Crippen LogP contribution < -0.4 is 0 Å². The first kappa shape index (κ1) is 6.52. The Bertz CT molecular complexity index is 118. The van der Waals surface area contributed by atoms with Crippen molar-refractivity contribution in [2.24, 2.45) is 0 Å². The van der Waals surface area contributed by atoms with Crippen molar-refractivity contribution in [3.8, 4) is 12.1 Å². The van der Waals surface area contributed by atoms with Crippen LogP contribution in [0.15, 0.2) is 0 Å². The van der Waals surface area contributed by atoms with Crippen LogP contribution in [-0.2, 0) is 11.8 Å². The van der Waals surface area contributed by atoms with Gasteiger partial charge in [-0.1, -0.05) is 0 Å². The molecule has 1 atom stereocenters. The maximum Gasteiger partial charge on any atom is 0.185 e. The van der Waals surface area contributed by atoms with E-state index in [-0.39, 0.29) is 0 Å². The van der Waals surface area contributed by atoms with Crippen LogP contribution in [0.5, 0.6) is 0 Å². The molecule has 0 aromatic heterocycles. The van der Waals surface area contributed by atoms with E-state index in [1.807, 2.05) is 5.66 Å². The van der Waals surface area contributed by atoms with Crippen LogP contribution in [0.2, 0.25) is 0 Å². The van der Waals surface area contributed by atoms with Crippen molar-refractivity contribution in [1.82, 2.24) is 0 Å². The topological polar surface area (TPSA) is 20.2 Å². The average Bonchev–Trinajstić information content (AvgIpc) is 1.35. The van der Waals surface area contributed by atoms with Gasteiger partial charge in [-0.05, 0) is 17.5 Å². The summed E-state index contributed by atoms with van der Waals surface area (Å²) in [7, 11) is 0. The second kappa shape index (κ2) is 1.99. The molecule has 0 aliphatic carbocycles. The van der Waals surface area contributed by atoms with Gasteiger partial charge in [0, 0.05) is 0 Å². The SMILES string of the molecule is C#CP(O)(=S)S. The fourth-order valence-electron chi connectivity index (χ4n) is 0. The van der Waals surface area contributed by atoms with Crippen molar-refractivity contribution in [2.45, 2.75) is 0 Å². The van der Waals surface area contributed by atoms with Crippen molar-refractivity contribution < 1.29 is 4.89 Å². The zero-order valence-electron chi connectivity index (χ0n) is 2.83. The maximum atomic E-state index is 8.38. The van der Waals surface area contributed by atoms with Gasteiger partial charge in [0.15, 0.2) is 5.47 Å². The molecule has 0 aliphatic rings. The van der Waals surface area contributed by atoms with E-state index in [9.17, 15) is 0 Å². The quantitative estimate of drug-likeness (QED) is 0.293. The highest BCUT2D eigenvalue weighted by Crippen LogP contribution is 2.43. The van der Waals surface area contributed by atoms with E-state index < -0.39 is 5.47 Å². The molecular weight excluding hydrogens is 135 g/mol. The number of hydrogen-bond donors (Lipinski definition) is 2. The highest BCUT2D eigenvalue weighted by atomic mass is 32.9. The molecule has 4 heteroatoms. The standard InChI is InChI=1S/C2H3OPS2/c1-2-4(3,5)6/h1H,(H2,3,5,6). The summed E-state index contributed by atoms with van der Waals surface area (Å²) in [6.07, 6.45) is 4.67. The molecule has 34 valence electrons. The molecule has 0 radical (unpaired) electrons. The van der Waals surface area contributed by atoms with Gasteiger partial charge in [0.05, 0.1) is 0 Å². The smallest absolute Gasteiger partial charge is 0.185 e. The van der Waals surface area contributed by atoms with Gasteiger partial charge in [0.1, 0.15) is 0 Å². The van der Waals surface area contributed by atoms with E-state index in [2.05, 4.69) is 30.5 Å². The third-order valence-corrected chi connectivity index (χ3v) is 1.17. The molecule has 0 rings (SSSR count). The second-order valence-electron chi connectivity index (χ2n) is 0.673. The minimum absolute atomic E-state index is 1.95. The molecule has 1 unspecified atom stereocenters. The zero-order chi connectivity index (χ0) is 5.21. The Kier molecular flexibility index (Phi) is 2.17. The molecule has 0 heterocycles. The zero-order valence-corrected chi connectivity index (χ0v) is 5.43. The summed E-state index contributed by atoms with van der Waals surface area (Å²) in [6, 6.07) is 0. The van der Waals surface area contributed by atoms with Gasteiger partial charge in [-0.25, -0.2) is 0 Å². The highest BCUT2D eigenvalue weighted by molar-refractivity contribution is 8.63. The molecule has 0 amide bonds. The minimum Gasteiger partial charge on any atom is -0.349 e. The lowest BCUT2D eigenvalue weighted by Crippen LogP contribution is -1.51. The van der Waals surface area contributed by atoms with Crippen LogP contribution in [0.25, 0.3) is 0 Å². The lowest BCUT2D eigenvalue weighted by atomic mass is 11.4. The third-order valence-electron chi connectivity index (χ3n) is 0.168. The Morgan fingerprint density at radius 2 is 2.17 bits per heavy atom. The van der Waals surface area contributed by atoms with Crippen molar-refractivity contribution in [3.63, 3.8) is 0 Å². The lowest BCUT2D eigenvalue weighted by Gasteiger charge is -1.89. The molecule has 0 fully saturated rings. The second-order valence-corrected chi connectivity index (χ2v) is 6.15. The number of rotatable bonds is 0. The highest BCUT2D eigenvalue weighted by Gasteiger charge is 1.93. The number of thiol groups is 1. The molecule has 1 nitrogen and oxygen atoms in total. The Morgan fingerprint density at radius 3 is 2.17 bits per heavy atom. The van der Waals surface area contributed by atoms with Crippen LogP contribution in [0, 0.1) is 12.1 Å². The van der Waals surface area contributed by atoms with Crippen LogP contribution in [0.1, 0.15) is 0 Å². The summed E-state index contributed by atoms with van der Waals surface area (Å²) in [5, 5.41) is 0. The van der Waals surface area contributed by atoms with Crippen LogP contribution in [0.3, 0.4) is 0 Å². The van der Waals surface area contributed by atoms with Crippen LogP contribution >= 0.6 is 17.7 Å². The molecule has 0 aromatic rings. The van der Waals surface area contributed by atoms with E-state index in [0.29, 0.717) is 0 Å². The predicted octanol–water partition coefficient (Wildman–Crippen LogP) is 0.809. The Labute approximate surface area is 47.0 Å². The Balaban J connectivity index is 3.94. The largest absolute Gasteiger partial charge is 0.349 e. The van der Waals surface area contributed by atoms with Gasteiger partial charge in [0.25, 0.3) is 0 Å². The van der Waals surface area contributed by atoms with E-state index in [0.717, 1.165) is 0 Å². The van der Waals surface area contributed by atoms with E-state index in [1.54, 1.807) is 0 Å². The fourth-order valence-corrected chi connectivity index (χ4v) is 0. The Morgan fingerprint density at radius 1 is 2.00 bits per heavy atom. The first-order valence-electron chi connectivity index (χ1n) is 1.09. The third kappa shape index (κ3) is 4.52.